The number of hydrogen-bond acceptors (Lipinski definition) is 3. The van der Waals surface area contributed by atoms with E-state index in [1.165, 1.54) is 12.1 Å². The average molecular weight is 256 g/mol. The topological polar surface area (TPSA) is 59.2 Å². The Morgan fingerprint density at radius 3 is 2.59 bits per heavy atom. The van der Waals surface area contributed by atoms with Gasteiger partial charge in [-0.2, -0.15) is 0 Å². The summed E-state index contributed by atoms with van der Waals surface area (Å²) in [5.41, 5.74) is 5.83. The van der Waals surface area contributed by atoms with Gasteiger partial charge >= 0.3 is 0 Å². The van der Waals surface area contributed by atoms with Gasteiger partial charge in [0.25, 0.3) is 5.91 Å². The number of rotatable bonds is 3. The van der Waals surface area contributed by atoms with Gasteiger partial charge in [-0.25, -0.2) is 4.98 Å². The summed E-state index contributed by atoms with van der Waals surface area (Å²) in [5, 5.41) is 0.232. The predicted molar refractivity (Wildman–Crippen MR) is 70.1 cm³/mol. The fraction of sp³-hybridized carbons (Fsp3) is 0.500. The molecule has 1 heterocycles. The highest BCUT2D eigenvalue weighted by molar-refractivity contribution is 6.29. The molecule has 0 saturated carbocycles. The van der Waals surface area contributed by atoms with Crippen molar-refractivity contribution in [2.75, 3.05) is 12.8 Å². The zero-order valence-corrected chi connectivity index (χ0v) is 11.4. The van der Waals surface area contributed by atoms with Gasteiger partial charge in [-0.3, -0.25) is 4.79 Å². The van der Waals surface area contributed by atoms with Crippen LogP contribution in [0.2, 0.25) is 5.15 Å². The molecule has 0 spiro atoms. The molecule has 0 bridgehead atoms. The molecule has 5 heteroatoms. The maximum atomic E-state index is 12.2. The molecule has 1 amide bonds. The van der Waals surface area contributed by atoms with E-state index in [9.17, 15) is 4.79 Å². The Labute approximate surface area is 107 Å². The monoisotopic (exact) mass is 255 g/mol. The highest BCUT2D eigenvalue weighted by atomic mass is 35.5. The fourth-order valence-corrected chi connectivity index (χ4v) is 1.56. The molecule has 0 aliphatic carbocycles. The number of nitrogens with two attached hydrogens (primary N) is 1. The minimum absolute atomic E-state index is 0.104. The number of hydrogen-bond donors (Lipinski definition) is 1. The first-order valence-electron chi connectivity index (χ1n) is 5.49. The van der Waals surface area contributed by atoms with E-state index in [-0.39, 0.29) is 22.4 Å². The van der Waals surface area contributed by atoms with Crippen LogP contribution < -0.4 is 5.73 Å². The molecule has 0 atom stereocenters. The van der Waals surface area contributed by atoms with E-state index in [0.717, 1.165) is 6.42 Å². The number of amides is 1. The van der Waals surface area contributed by atoms with E-state index in [4.69, 9.17) is 17.3 Å². The van der Waals surface area contributed by atoms with Crippen LogP contribution in [0.3, 0.4) is 0 Å². The van der Waals surface area contributed by atoms with Crippen molar-refractivity contribution in [3.8, 4) is 0 Å². The van der Waals surface area contributed by atoms with Gasteiger partial charge in [0.1, 0.15) is 11.0 Å². The molecule has 1 aromatic rings. The van der Waals surface area contributed by atoms with Crippen LogP contribution in [0, 0.1) is 0 Å². The standard InChI is InChI=1S/C12H18ClN3O/c1-5-12(2,3)16(4)11(17)8-6-9(13)15-10(14)7-8/h6-7H,5H2,1-4H3,(H2,14,15). The van der Waals surface area contributed by atoms with E-state index >= 15 is 0 Å². The van der Waals surface area contributed by atoms with E-state index in [1.54, 1.807) is 11.9 Å². The van der Waals surface area contributed by atoms with E-state index < -0.39 is 0 Å². The van der Waals surface area contributed by atoms with Gasteiger partial charge in [0.15, 0.2) is 0 Å². The summed E-state index contributed by atoms with van der Waals surface area (Å²) < 4.78 is 0. The maximum absolute atomic E-state index is 12.2. The number of nitrogens with zero attached hydrogens (tertiary/aromatic N) is 2. The first-order chi connectivity index (χ1) is 7.77. The second kappa shape index (κ2) is 4.92. The maximum Gasteiger partial charge on any atom is 0.254 e. The summed E-state index contributed by atoms with van der Waals surface area (Å²) in [7, 11) is 1.77. The van der Waals surface area contributed by atoms with Crippen molar-refractivity contribution >= 4 is 23.3 Å². The lowest BCUT2D eigenvalue weighted by Gasteiger charge is -2.35. The summed E-state index contributed by atoms with van der Waals surface area (Å²) >= 11 is 5.79. The van der Waals surface area contributed by atoms with Crippen LogP contribution in [0.1, 0.15) is 37.6 Å². The Hall–Kier alpha value is -1.29. The van der Waals surface area contributed by atoms with Crippen molar-refractivity contribution in [3.05, 3.63) is 22.8 Å². The number of carbonyl (C=O) groups excluding carboxylic acids is 1. The van der Waals surface area contributed by atoms with Crippen LogP contribution in [-0.2, 0) is 0 Å². The first-order valence-corrected chi connectivity index (χ1v) is 5.87. The third-order valence-electron chi connectivity index (χ3n) is 3.14. The van der Waals surface area contributed by atoms with Gasteiger partial charge in [-0.05, 0) is 32.4 Å². The van der Waals surface area contributed by atoms with Gasteiger partial charge in [-0.15, -0.1) is 0 Å². The number of anilines is 1. The van der Waals surface area contributed by atoms with Gasteiger partial charge in [-0.1, -0.05) is 18.5 Å². The molecule has 2 N–H and O–H groups in total. The number of carbonyl (C=O) groups is 1. The molecule has 0 saturated heterocycles. The minimum atomic E-state index is -0.207. The third kappa shape index (κ3) is 3.09. The van der Waals surface area contributed by atoms with Crippen molar-refractivity contribution < 1.29 is 4.79 Å². The summed E-state index contributed by atoms with van der Waals surface area (Å²) in [6.45, 7) is 6.06. The Morgan fingerprint density at radius 1 is 1.53 bits per heavy atom. The minimum Gasteiger partial charge on any atom is -0.384 e. The van der Waals surface area contributed by atoms with E-state index in [1.807, 2.05) is 20.8 Å². The molecule has 1 rings (SSSR count). The molecule has 17 heavy (non-hydrogen) atoms. The van der Waals surface area contributed by atoms with Crippen LogP contribution in [0.4, 0.5) is 5.82 Å². The zero-order valence-electron chi connectivity index (χ0n) is 10.6. The molecular weight excluding hydrogens is 238 g/mol. The number of halogens is 1. The van der Waals surface area contributed by atoms with Crippen LogP contribution >= 0.6 is 11.6 Å². The molecule has 0 unspecified atom stereocenters. The van der Waals surface area contributed by atoms with Crippen LogP contribution in [0.5, 0.6) is 0 Å². The lowest BCUT2D eigenvalue weighted by atomic mass is 9.99. The highest BCUT2D eigenvalue weighted by Gasteiger charge is 2.26. The molecule has 0 aliphatic heterocycles. The Bertz CT molecular complexity index is 412. The zero-order chi connectivity index (χ0) is 13.2. The summed E-state index contributed by atoms with van der Waals surface area (Å²) in [4.78, 5) is 17.8. The quantitative estimate of drug-likeness (QED) is 0.845. The van der Waals surface area contributed by atoms with E-state index in [0.29, 0.717) is 5.56 Å². The van der Waals surface area contributed by atoms with Gasteiger partial charge in [0.2, 0.25) is 0 Å². The third-order valence-corrected chi connectivity index (χ3v) is 3.33. The Morgan fingerprint density at radius 2 is 2.12 bits per heavy atom. The van der Waals surface area contributed by atoms with Crippen molar-refractivity contribution in [2.24, 2.45) is 0 Å². The number of aromatic nitrogens is 1. The second-order valence-electron chi connectivity index (χ2n) is 4.63. The van der Waals surface area contributed by atoms with Crippen molar-refractivity contribution in [2.45, 2.75) is 32.7 Å². The normalized spacial score (nSPS) is 11.4. The fourth-order valence-electron chi connectivity index (χ4n) is 1.35. The largest absolute Gasteiger partial charge is 0.384 e. The Balaban J connectivity index is 3.04. The predicted octanol–water partition coefficient (Wildman–Crippen LogP) is 2.58. The lowest BCUT2D eigenvalue weighted by molar-refractivity contribution is 0.0620. The molecule has 94 valence electrons. The highest BCUT2D eigenvalue weighted by Crippen LogP contribution is 2.21. The smallest absolute Gasteiger partial charge is 0.254 e. The van der Waals surface area contributed by atoms with Crippen LogP contribution in [0.25, 0.3) is 0 Å². The van der Waals surface area contributed by atoms with E-state index in [2.05, 4.69) is 4.98 Å². The summed E-state index contributed by atoms with van der Waals surface area (Å²) in [6.07, 6.45) is 0.865. The average Bonchev–Trinajstić information content (AvgIpc) is 2.25. The van der Waals surface area contributed by atoms with Gasteiger partial charge in [0, 0.05) is 18.2 Å². The molecule has 1 aromatic heterocycles. The molecule has 0 aliphatic rings. The first kappa shape index (κ1) is 13.8. The van der Waals surface area contributed by atoms with Crippen LogP contribution in [-0.4, -0.2) is 28.4 Å². The number of pyridine rings is 1. The molecular formula is C12H18ClN3O. The summed E-state index contributed by atoms with van der Waals surface area (Å²) in [6, 6.07) is 3.07. The molecule has 4 nitrogen and oxygen atoms in total. The Kier molecular flexibility index (Phi) is 3.98. The van der Waals surface area contributed by atoms with Crippen molar-refractivity contribution in [1.29, 1.82) is 0 Å². The molecule has 0 aromatic carbocycles. The van der Waals surface area contributed by atoms with Crippen molar-refractivity contribution in [3.63, 3.8) is 0 Å². The SMILES string of the molecule is CCC(C)(C)N(C)C(=O)c1cc(N)nc(Cl)c1. The van der Waals surface area contributed by atoms with Gasteiger partial charge < -0.3 is 10.6 Å². The van der Waals surface area contributed by atoms with Gasteiger partial charge in [0.05, 0.1) is 0 Å². The van der Waals surface area contributed by atoms with Crippen molar-refractivity contribution in [1.82, 2.24) is 9.88 Å². The number of nitrogen functional groups attached to an aromatic ring is 1. The van der Waals surface area contributed by atoms with Crippen LogP contribution in [0.15, 0.2) is 12.1 Å². The molecule has 0 radical (unpaired) electrons. The second-order valence-corrected chi connectivity index (χ2v) is 5.02. The molecule has 0 fully saturated rings. The lowest BCUT2D eigenvalue weighted by Crippen LogP contribution is -2.44. The summed E-state index contributed by atoms with van der Waals surface area (Å²) in [5.74, 6) is 0.149.